The standard InChI is InChI=1S/C13H22N6/c14-17-12-9-13(16-10-15-12)19-7-3-11(4-8-19)18-5-1-2-6-18/h9-11H,1-8,14H2,(H,15,16,17). The lowest BCUT2D eigenvalue weighted by Crippen LogP contribution is -2.44. The van der Waals surface area contributed by atoms with E-state index >= 15 is 0 Å². The Morgan fingerprint density at radius 2 is 1.84 bits per heavy atom. The lowest BCUT2D eigenvalue weighted by atomic mass is 10.0. The van der Waals surface area contributed by atoms with Crippen molar-refractivity contribution in [2.24, 2.45) is 5.84 Å². The van der Waals surface area contributed by atoms with Gasteiger partial charge in [-0.2, -0.15) is 0 Å². The zero-order chi connectivity index (χ0) is 13.1. The minimum absolute atomic E-state index is 0.673. The molecular formula is C13H22N6. The first-order valence-corrected chi connectivity index (χ1v) is 7.14. The monoisotopic (exact) mass is 262 g/mol. The number of hydrogen-bond donors (Lipinski definition) is 2. The van der Waals surface area contributed by atoms with Crippen molar-refractivity contribution < 1.29 is 0 Å². The van der Waals surface area contributed by atoms with Gasteiger partial charge in [-0.05, 0) is 38.8 Å². The number of anilines is 2. The number of nitrogens with zero attached hydrogens (tertiary/aromatic N) is 4. The van der Waals surface area contributed by atoms with E-state index in [-0.39, 0.29) is 0 Å². The maximum Gasteiger partial charge on any atom is 0.145 e. The molecule has 3 rings (SSSR count). The molecule has 1 aromatic heterocycles. The van der Waals surface area contributed by atoms with Gasteiger partial charge in [0, 0.05) is 25.2 Å². The Morgan fingerprint density at radius 3 is 2.53 bits per heavy atom. The number of hydrogen-bond acceptors (Lipinski definition) is 6. The van der Waals surface area contributed by atoms with E-state index in [0.29, 0.717) is 5.82 Å². The molecule has 0 aliphatic carbocycles. The number of nitrogens with one attached hydrogen (secondary N) is 1. The van der Waals surface area contributed by atoms with Gasteiger partial charge in [-0.1, -0.05) is 0 Å². The van der Waals surface area contributed by atoms with Crippen LogP contribution in [-0.2, 0) is 0 Å². The SMILES string of the molecule is NNc1cc(N2CCC(N3CCCC3)CC2)ncn1. The molecule has 0 radical (unpaired) electrons. The van der Waals surface area contributed by atoms with Crippen LogP contribution >= 0.6 is 0 Å². The number of piperidine rings is 1. The summed E-state index contributed by atoms with van der Waals surface area (Å²) in [5.74, 6) is 7.04. The first-order valence-electron chi connectivity index (χ1n) is 7.14. The van der Waals surface area contributed by atoms with Crippen molar-refractivity contribution in [2.45, 2.75) is 31.7 Å². The van der Waals surface area contributed by atoms with E-state index in [4.69, 9.17) is 5.84 Å². The van der Waals surface area contributed by atoms with Crippen molar-refractivity contribution in [1.82, 2.24) is 14.9 Å². The Kier molecular flexibility index (Phi) is 3.79. The summed E-state index contributed by atoms with van der Waals surface area (Å²) in [5.41, 5.74) is 2.57. The highest BCUT2D eigenvalue weighted by Gasteiger charge is 2.26. The van der Waals surface area contributed by atoms with Gasteiger partial charge in [0.05, 0.1) is 0 Å². The van der Waals surface area contributed by atoms with Crippen LogP contribution in [0.2, 0.25) is 0 Å². The lowest BCUT2D eigenvalue weighted by molar-refractivity contribution is 0.207. The molecule has 104 valence electrons. The van der Waals surface area contributed by atoms with Crippen molar-refractivity contribution >= 4 is 11.6 Å². The predicted molar refractivity (Wildman–Crippen MR) is 75.9 cm³/mol. The summed E-state index contributed by atoms with van der Waals surface area (Å²) >= 11 is 0. The fraction of sp³-hybridized carbons (Fsp3) is 0.692. The molecule has 0 bridgehead atoms. The Hall–Kier alpha value is -1.40. The molecule has 3 N–H and O–H groups in total. The molecule has 0 aromatic carbocycles. The summed E-state index contributed by atoms with van der Waals surface area (Å²) in [6, 6.07) is 2.68. The molecule has 2 fully saturated rings. The molecular weight excluding hydrogens is 240 g/mol. The molecule has 3 heterocycles. The van der Waals surface area contributed by atoms with Crippen LogP contribution in [0.25, 0.3) is 0 Å². The third-order valence-corrected chi connectivity index (χ3v) is 4.25. The van der Waals surface area contributed by atoms with Gasteiger partial charge in [0.15, 0.2) is 0 Å². The number of nitrogen functional groups attached to an aromatic ring is 1. The second-order valence-corrected chi connectivity index (χ2v) is 5.37. The maximum absolute atomic E-state index is 5.39. The fourth-order valence-corrected chi connectivity index (χ4v) is 3.17. The number of nitrogens with two attached hydrogens (primary N) is 1. The smallest absolute Gasteiger partial charge is 0.145 e. The number of aromatic nitrogens is 2. The maximum atomic E-state index is 5.39. The minimum Gasteiger partial charge on any atom is -0.356 e. The van der Waals surface area contributed by atoms with Crippen LogP contribution in [0.5, 0.6) is 0 Å². The van der Waals surface area contributed by atoms with Crippen LogP contribution < -0.4 is 16.2 Å². The number of likely N-dealkylation sites (tertiary alicyclic amines) is 1. The molecule has 2 aliphatic rings. The van der Waals surface area contributed by atoms with E-state index in [1.165, 1.54) is 38.8 Å². The molecule has 6 heteroatoms. The topological polar surface area (TPSA) is 70.3 Å². The van der Waals surface area contributed by atoms with Crippen molar-refractivity contribution in [3.8, 4) is 0 Å². The summed E-state index contributed by atoms with van der Waals surface area (Å²) in [6.07, 6.45) is 6.77. The van der Waals surface area contributed by atoms with E-state index in [2.05, 4.69) is 25.2 Å². The first-order chi connectivity index (χ1) is 9.36. The number of hydrazine groups is 1. The normalized spacial score (nSPS) is 21.8. The first kappa shape index (κ1) is 12.6. The van der Waals surface area contributed by atoms with Crippen molar-refractivity contribution in [3.05, 3.63) is 12.4 Å². The minimum atomic E-state index is 0.673. The molecule has 0 unspecified atom stereocenters. The average molecular weight is 262 g/mol. The molecule has 19 heavy (non-hydrogen) atoms. The van der Waals surface area contributed by atoms with E-state index in [9.17, 15) is 0 Å². The van der Waals surface area contributed by atoms with Crippen LogP contribution in [0.1, 0.15) is 25.7 Å². The molecule has 6 nitrogen and oxygen atoms in total. The van der Waals surface area contributed by atoms with Crippen molar-refractivity contribution in [2.75, 3.05) is 36.5 Å². The number of rotatable bonds is 3. The third kappa shape index (κ3) is 2.79. The zero-order valence-electron chi connectivity index (χ0n) is 11.3. The van der Waals surface area contributed by atoms with E-state index in [0.717, 1.165) is 24.9 Å². The summed E-state index contributed by atoms with van der Waals surface area (Å²) in [5, 5.41) is 0. The Balaban J connectivity index is 1.59. The van der Waals surface area contributed by atoms with Gasteiger partial charge in [-0.3, -0.25) is 0 Å². The van der Waals surface area contributed by atoms with Crippen LogP contribution in [0.4, 0.5) is 11.6 Å². The molecule has 2 aliphatic heterocycles. The molecule has 0 spiro atoms. The molecule has 0 saturated carbocycles. The van der Waals surface area contributed by atoms with Crippen molar-refractivity contribution in [3.63, 3.8) is 0 Å². The van der Waals surface area contributed by atoms with Gasteiger partial charge in [-0.25, -0.2) is 15.8 Å². The summed E-state index contributed by atoms with van der Waals surface area (Å²) in [7, 11) is 0. The fourth-order valence-electron chi connectivity index (χ4n) is 3.17. The van der Waals surface area contributed by atoms with Crippen LogP contribution in [0.15, 0.2) is 12.4 Å². The van der Waals surface area contributed by atoms with Crippen LogP contribution in [-0.4, -0.2) is 47.1 Å². The summed E-state index contributed by atoms with van der Waals surface area (Å²) in [4.78, 5) is 13.4. The zero-order valence-corrected chi connectivity index (χ0v) is 11.3. The third-order valence-electron chi connectivity index (χ3n) is 4.25. The summed E-state index contributed by atoms with van der Waals surface area (Å²) in [6.45, 7) is 4.73. The average Bonchev–Trinajstić information content (AvgIpc) is 3.02. The summed E-state index contributed by atoms with van der Waals surface area (Å²) < 4.78 is 0. The highest BCUT2D eigenvalue weighted by atomic mass is 15.3. The van der Waals surface area contributed by atoms with Gasteiger partial charge in [0.25, 0.3) is 0 Å². The molecule has 1 aromatic rings. The van der Waals surface area contributed by atoms with Gasteiger partial charge in [0.1, 0.15) is 18.0 Å². The van der Waals surface area contributed by atoms with E-state index in [1.807, 2.05) is 6.07 Å². The van der Waals surface area contributed by atoms with Crippen molar-refractivity contribution in [1.29, 1.82) is 0 Å². The van der Waals surface area contributed by atoms with Crippen LogP contribution in [0.3, 0.4) is 0 Å². The van der Waals surface area contributed by atoms with Gasteiger partial charge in [-0.15, -0.1) is 0 Å². The predicted octanol–water partition coefficient (Wildman–Crippen LogP) is 0.827. The quantitative estimate of drug-likeness (QED) is 0.621. The van der Waals surface area contributed by atoms with Gasteiger partial charge in [0.2, 0.25) is 0 Å². The lowest BCUT2D eigenvalue weighted by Gasteiger charge is -2.37. The molecule has 0 atom stereocenters. The van der Waals surface area contributed by atoms with Gasteiger partial charge < -0.3 is 15.2 Å². The van der Waals surface area contributed by atoms with E-state index in [1.54, 1.807) is 6.33 Å². The largest absolute Gasteiger partial charge is 0.356 e. The Labute approximate surface area is 114 Å². The molecule has 0 amide bonds. The Bertz CT molecular complexity index is 409. The van der Waals surface area contributed by atoms with Gasteiger partial charge >= 0.3 is 0 Å². The van der Waals surface area contributed by atoms with Crippen LogP contribution in [0, 0.1) is 0 Å². The van der Waals surface area contributed by atoms with E-state index < -0.39 is 0 Å². The highest BCUT2D eigenvalue weighted by Crippen LogP contribution is 2.24. The molecule has 2 saturated heterocycles. The second-order valence-electron chi connectivity index (χ2n) is 5.37. The second kappa shape index (κ2) is 5.71. The Morgan fingerprint density at radius 1 is 1.11 bits per heavy atom. The highest BCUT2D eigenvalue weighted by molar-refractivity contribution is 5.48.